The lowest BCUT2D eigenvalue weighted by Crippen LogP contribution is -2.46. The van der Waals surface area contributed by atoms with Crippen molar-refractivity contribution < 1.29 is 22.9 Å². The molecule has 0 aromatic rings. The molecule has 7 heteroatoms. The van der Waals surface area contributed by atoms with Crippen molar-refractivity contribution in [1.29, 1.82) is 0 Å². The average Bonchev–Trinajstić information content (AvgIpc) is 2.94. The molecule has 0 saturated carbocycles. The zero-order valence-corrected chi connectivity index (χ0v) is 28.5. The van der Waals surface area contributed by atoms with Crippen molar-refractivity contribution in [2.45, 2.75) is 199 Å². The number of carbonyl (C=O) groups excluding carboxylic acids is 1. The summed E-state index contributed by atoms with van der Waals surface area (Å²) >= 11 is 0. The Kier molecular flexibility index (Phi) is 29.5. The maximum atomic E-state index is 12.4. The first-order chi connectivity index (χ1) is 20.3. The summed E-state index contributed by atoms with van der Waals surface area (Å²) in [7, 11) is -4.33. The van der Waals surface area contributed by atoms with Crippen LogP contribution in [0.2, 0.25) is 0 Å². The topological polar surface area (TPSA) is 104 Å². The Bertz CT molecular complexity index is 725. The Morgan fingerprint density at radius 2 is 0.976 bits per heavy atom. The number of unbranched alkanes of at least 4 members (excludes halogenated alkanes) is 24. The lowest BCUT2D eigenvalue weighted by atomic mass is 10.0. The molecule has 0 bridgehead atoms. The Balaban J connectivity index is 3.99. The minimum Gasteiger partial charge on any atom is -0.387 e. The summed E-state index contributed by atoms with van der Waals surface area (Å²) in [5.74, 6) is -0.971. The molecule has 1 amide bonds. The second-order valence-electron chi connectivity index (χ2n) is 12.5. The first-order valence-electron chi connectivity index (χ1n) is 17.9. The zero-order valence-electron chi connectivity index (χ0n) is 27.6. The van der Waals surface area contributed by atoms with Crippen molar-refractivity contribution in [3.05, 3.63) is 12.2 Å². The molecule has 250 valence electrons. The molecule has 0 aromatic carbocycles. The number of hydrogen-bond acceptors (Lipinski definition) is 4. The lowest BCUT2D eigenvalue weighted by Gasteiger charge is -2.21. The van der Waals surface area contributed by atoms with Crippen LogP contribution in [0.15, 0.2) is 12.2 Å². The number of hydrogen-bond donors (Lipinski definition) is 3. The fourth-order valence-electron chi connectivity index (χ4n) is 5.51. The number of rotatable bonds is 32. The van der Waals surface area contributed by atoms with E-state index < -0.39 is 28.0 Å². The van der Waals surface area contributed by atoms with Gasteiger partial charge >= 0.3 is 0 Å². The largest absolute Gasteiger partial charge is 0.387 e. The molecule has 0 radical (unpaired) electrons. The van der Waals surface area contributed by atoms with E-state index in [0.717, 1.165) is 38.5 Å². The highest BCUT2D eigenvalue weighted by Crippen LogP contribution is 2.14. The van der Waals surface area contributed by atoms with Crippen LogP contribution in [0.25, 0.3) is 0 Å². The third-order valence-electron chi connectivity index (χ3n) is 8.21. The molecule has 0 rings (SSSR count). The van der Waals surface area contributed by atoms with Gasteiger partial charge in [0.05, 0.1) is 17.9 Å². The van der Waals surface area contributed by atoms with Gasteiger partial charge in [0, 0.05) is 6.42 Å². The summed E-state index contributed by atoms with van der Waals surface area (Å²) in [6.45, 7) is 4.50. The molecule has 0 aliphatic heterocycles. The zero-order chi connectivity index (χ0) is 31.2. The predicted molar refractivity (Wildman–Crippen MR) is 180 cm³/mol. The SMILES string of the molecule is CCCCCCCCCCCCCCC/C=C/C(O)C(CS(=O)(=O)O)NC(=O)CCCCCCCCCCCCCC. The quantitative estimate of drug-likeness (QED) is 0.0397. The lowest BCUT2D eigenvalue weighted by molar-refractivity contribution is -0.122. The molecule has 0 heterocycles. The van der Waals surface area contributed by atoms with E-state index in [1.54, 1.807) is 6.08 Å². The molecular weight excluding hydrogens is 546 g/mol. The Labute approximate surface area is 261 Å². The van der Waals surface area contributed by atoms with Crippen LogP contribution >= 0.6 is 0 Å². The molecule has 0 saturated heterocycles. The van der Waals surface area contributed by atoms with Crippen molar-refractivity contribution in [3.63, 3.8) is 0 Å². The molecule has 42 heavy (non-hydrogen) atoms. The van der Waals surface area contributed by atoms with Gasteiger partial charge in [-0.1, -0.05) is 174 Å². The summed E-state index contributed by atoms with van der Waals surface area (Å²) in [6, 6.07) is -1.05. The standard InChI is InChI=1S/C35H69NO5S/c1-3-5-7-9-11-13-15-17-18-19-20-22-24-26-28-30-34(37)33(32-42(39,40)41)36-35(38)31-29-27-25-23-21-16-14-12-10-8-6-4-2/h28,30,33-34,37H,3-27,29,31-32H2,1-2H3,(H,36,38)(H,39,40,41)/b30-28+. The molecule has 3 N–H and O–H groups in total. The monoisotopic (exact) mass is 615 g/mol. The summed E-state index contributed by atoms with van der Waals surface area (Å²) in [6.07, 6.45) is 34.7. The van der Waals surface area contributed by atoms with Crippen LogP contribution in [0, 0.1) is 0 Å². The van der Waals surface area contributed by atoms with Crippen LogP contribution in [0.1, 0.15) is 187 Å². The van der Waals surface area contributed by atoms with Gasteiger partial charge in [-0.2, -0.15) is 8.42 Å². The van der Waals surface area contributed by atoms with Crippen LogP contribution < -0.4 is 5.32 Å². The molecule has 2 unspecified atom stereocenters. The Morgan fingerprint density at radius 3 is 1.36 bits per heavy atom. The summed E-state index contributed by atoms with van der Waals surface area (Å²) in [4.78, 5) is 12.4. The second kappa shape index (κ2) is 30.1. The number of aliphatic hydroxyl groups excluding tert-OH is 1. The first-order valence-corrected chi connectivity index (χ1v) is 19.5. The van der Waals surface area contributed by atoms with E-state index >= 15 is 0 Å². The molecule has 0 spiro atoms. The first kappa shape index (κ1) is 41.1. The van der Waals surface area contributed by atoms with Gasteiger partial charge in [0.15, 0.2) is 0 Å². The van der Waals surface area contributed by atoms with Crippen LogP contribution in [0.3, 0.4) is 0 Å². The predicted octanol–water partition coefficient (Wildman–Crippen LogP) is 9.85. The fraction of sp³-hybridized carbons (Fsp3) is 0.914. The minimum absolute atomic E-state index is 0.278. The molecule has 0 aliphatic rings. The fourth-order valence-corrected chi connectivity index (χ4v) is 6.24. The summed E-state index contributed by atoms with van der Waals surface area (Å²) in [5.41, 5.74) is 0. The van der Waals surface area contributed by atoms with E-state index in [9.17, 15) is 22.9 Å². The number of carbonyl (C=O) groups is 1. The smallest absolute Gasteiger partial charge is 0.267 e. The number of amides is 1. The average molecular weight is 616 g/mol. The third kappa shape index (κ3) is 30.5. The van der Waals surface area contributed by atoms with Gasteiger partial charge in [-0.25, -0.2) is 0 Å². The third-order valence-corrected chi connectivity index (χ3v) is 8.99. The Morgan fingerprint density at radius 1 is 0.619 bits per heavy atom. The van der Waals surface area contributed by atoms with E-state index in [2.05, 4.69) is 19.2 Å². The van der Waals surface area contributed by atoms with Gasteiger partial charge < -0.3 is 10.4 Å². The van der Waals surface area contributed by atoms with E-state index in [1.807, 2.05) is 6.08 Å². The van der Waals surface area contributed by atoms with E-state index in [4.69, 9.17) is 0 Å². The van der Waals surface area contributed by atoms with Gasteiger partial charge in [0.1, 0.15) is 0 Å². The highest BCUT2D eigenvalue weighted by molar-refractivity contribution is 7.85. The maximum Gasteiger partial charge on any atom is 0.267 e. The molecule has 0 fully saturated rings. The van der Waals surface area contributed by atoms with Gasteiger partial charge in [-0.05, 0) is 19.3 Å². The molecule has 2 atom stereocenters. The highest BCUT2D eigenvalue weighted by Gasteiger charge is 2.24. The second-order valence-corrected chi connectivity index (χ2v) is 14.0. The van der Waals surface area contributed by atoms with Crippen molar-refractivity contribution in [3.8, 4) is 0 Å². The van der Waals surface area contributed by atoms with Crippen molar-refractivity contribution in [2.24, 2.45) is 0 Å². The van der Waals surface area contributed by atoms with Crippen molar-refractivity contribution in [2.75, 3.05) is 5.75 Å². The van der Waals surface area contributed by atoms with E-state index in [0.29, 0.717) is 6.42 Å². The van der Waals surface area contributed by atoms with Crippen molar-refractivity contribution >= 4 is 16.0 Å². The normalized spacial score (nSPS) is 13.5. The van der Waals surface area contributed by atoms with Crippen LogP contribution in [-0.4, -0.2) is 41.9 Å². The van der Waals surface area contributed by atoms with Crippen molar-refractivity contribution in [1.82, 2.24) is 5.32 Å². The molecule has 6 nitrogen and oxygen atoms in total. The van der Waals surface area contributed by atoms with Crippen LogP contribution in [-0.2, 0) is 14.9 Å². The van der Waals surface area contributed by atoms with E-state index in [1.165, 1.54) is 128 Å². The van der Waals surface area contributed by atoms with E-state index in [-0.39, 0.29) is 5.91 Å². The van der Waals surface area contributed by atoms with Crippen LogP contribution in [0.5, 0.6) is 0 Å². The highest BCUT2D eigenvalue weighted by atomic mass is 32.2. The summed E-state index contributed by atoms with van der Waals surface area (Å²) in [5, 5.41) is 13.2. The van der Waals surface area contributed by atoms with Gasteiger partial charge in [0.2, 0.25) is 5.91 Å². The molecular formula is C35H69NO5S. The number of nitrogens with one attached hydrogen (secondary N) is 1. The number of allylic oxidation sites excluding steroid dienone is 1. The molecule has 0 aliphatic carbocycles. The van der Waals surface area contributed by atoms with Gasteiger partial charge in [0.25, 0.3) is 10.1 Å². The minimum atomic E-state index is -4.33. The molecule has 0 aromatic heterocycles. The maximum absolute atomic E-state index is 12.4. The summed E-state index contributed by atoms with van der Waals surface area (Å²) < 4.78 is 32.3. The Hall–Kier alpha value is -0.920. The number of aliphatic hydroxyl groups is 1. The van der Waals surface area contributed by atoms with Gasteiger partial charge in [-0.3, -0.25) is 9.35 Å². The van der Waals surface area contributed by atoms with Gasteiger partial charge in [-0.15, -0.1) is 0 Å². The van der Waals surface area contributed by atoms with Crippen LogP contribution in [0.4, 0.5) is 0 Å².